The summed E-state index contributed by atoms with van der Waals surface area (Å²) in [6.07, 6.45) is 0.516. The Morgan fingerprint density at radius 3 is 2.58 bits per heavy atom. The summed E-state index contributed by atoms with van der Waals surface area (Å²) < 4.78 is 10.7. The fourth-order valence-corrected chi connectivity index (χ4v) is 4.95. The van der Waals surface area contributed by atoms with Gasteiger partial charge in [0.05, 0.1) is 38.8 Å². The first-order valence-electron chi connectivity index (χ1n) is 9.49. The molecule has 1 aliphatic heterocycles. The summed E-state index contributed by atoms with van der Waals surface area (Å²) in [7, 11) is 2.97. The number of carbonyl (C=O) groups excluding carboxylic acids is 2. The minimum Gasteiger partial charge on any atom is -0.503 e. The lowest BCUT2D eigenvalue weighted by Gasteiger charge is -2.27. The van der Waals surface area contributed by atoms with Gasteiger partial charge in [0.25, 0.3) is 5.91 Å². The Labute approximate surface area is 192 Å². The van der Waals surface area contributed by atoms with E-state index in [0.29, 0.717) is 38.6 Å². The Bertz CT molecular complexity index is 1060. The number of halogens is 1. The summed E-state index contributed by atoms with van der Waals surface area (Å²) in [4.78, 5) is 32.5. The minimum atomic E-state index is -0.857. The number of aliphatic hydroxyl groups excluding tert-OH is 1. The third-order valence-electron chi connectivity index (χ3n) is 4.99. The van der Waals surface area contributed by atoms with E-state index >= 15 is 0 Å². The lowest BCUT2D eigenvalue weighted by atomic mass is 9.94. The van der Waals surface area contributed by atoms with Crippen molar-refractivity contribution in [1.29, 1.82) is 0 Å². The summed E-state index contributed by atoms with van der Waals surface area (Å²) in [5.74, 6) is -1.59. The molecule has 166 valence electrons. The molecule has 2 aromatic rings. The van der Waals surface area contributed by atoms with Crippen LogP contribution in [-0.2, 0) is 9.53 Å². The SMILES string of the molecule is COCCCN1C(=O)C(O)=C(C(=O)c2sc(C)nc2C)C1c1cc(Br)c(O)c(OC)c1. The van der Waals surface area contributed by atoms with Crippen molar-refractivity contribution >= 4 is 39.0 Å². The topological polar surface area (TPSA) is 109 Å². The lowest BCUT2D eigenvalue weighted by molar-refractivity contribution is -0.129. The summed E-state index contributed by atoms with van der Waals surface area (Å²) in [5.41, 5.74) is 1.04. The number of amides is 1. The lowest BCUT2D eigenvalue weighted by Crippen LogP contribution is -2.32. The number of Topliss-reactive ketones (excluding diaryl/α,β-unsaturated/α-hetero) is 1. The van der Waals surface area contributed by atoms with Crippen LogP contribution in [-0.4, -0.2) is 59.2 Å². The number of ketones is 1. The van der Waals surface area contributed by atoms with E-state index < -0.39 is 23.5 Å². The van der Waals surface area contributed by atoms with Gasteiger partial charge >= 0.3 is 0 Å². The number of thiazole rings is 1. The highest BCUT2D eigenvalue weighted by atomic mass is 79.9. The number of phenolic OH excluding ortho intramolecular Hbond substituents is 1. The molecule has 1 unspecified atom stereocenters. The molecule has 0 fully saturated rings. The van der Waals surface area contributed by atoms with Gasteiger partial charge in [-0.25, -0.2) is 4.98 Å². The van der Waals surface area contributed by atoms with E-state index in [4.69, 9.17) is 9.47 Å². The number of carbonyl (C=O) groups is 2. The summed E-state index contributed by atoms with van der Waals surface area (Å²) in [5, 5.41) is 21.6. The maximum absolute atomic E-state index is 13.5. The molecular formula is C21H23BrN2O6S. The predicted octanol–water partition coefficient (Wildman–Crippen LogP) is 3.85. The van der Waals surface area contributed by atoms with Gasteiger partial charge in [-0.2, -0.15) is 0 Å². The number of methoxy groups -OCH3 is 2. The Hall–Kier alpha value is -2.43. The van der Waals surface area contributed by atoms with E-state index in [9.17, 15) is 19.8 Å². The monoisotopic (exact) mass is 510 g/mol. The molecule has 0 saturated heterocycles. The van der Waals surface area contributed by atoms with Crippen LogP contribution < -0.4 is 4.74 Å². The molecule has 1 amide bonds. The Balaban J connectivity index is 2.15. The van der Waals surface area contributed by atoms with Gasteiger partial charge in [0.2, 0.25) is 5.78 Å². The van der Waals surface area contributed by atoms with Crippen molar-refractivity contribution < 1.29 is 29.3 Å². The third-order valence-corrected chi connectivity index (χ3v) is 6.67. The number of hydrogen-bond donors (Lipinski definition) is 2. The zero-order valence-corrected chi connectivity index (χ0v) is 20.0. The zero-order valence-electron chi connectivity index (χ0n) is 17.6. The number of benzene rings is 1. The van der Waals surface area contributed by atoms with Crippen molar-refractivity contribution in [1.82, 2.24) is 9.88 Å². The summed E-state index contributed by atoms with van der Waals surface area (Å²) in [6, 6.07) is 2.30. The van der Waals surface area contributed by atoms with E-state index in [1.54, 1.807) is 33.1 Å². The number of hydrogen-bond acceptors (Lipinski definition) is 8. The molecule has 1 aromatic heterocycles. The fraction of sp³-hybridized carbons (Fsp3) is 0.381. The molecule has 2 heterocycles. The third kappa shape index (κ3) is 4.32. The van der Waals surface area contributed by atoms with Crippen LogP contribution in [0.5, 0.6) is 11.5 Å². The largest absolute Gasteiger partial charge is 0.503 e. The van der Waals surface area contributed by atoms with E-state index in [0.717, 1.165) is 0 Å². The zero-order chi connectivity index (χ0) is 22.9. The second-order valence-corrected chi connectivity index (χ2v) is 9.10. The number of aryl methyl sites for hydroxylation is 2. The van der Waals surface area contributed by atoms with Gasteiger partial charge in [-0.15, -0.1) is 11.3 Å². The van der Waals surface area contributed by atoms with Crippen molar-refractivity contribution in [3.05, 3.63) is 49.1 Å². The molecule has 1 atom stereocenters. The fourth-order valence-electron chi connectivity index (χ4n) is 3.61. The number of rotatable bonds is 8. The first kappa shape index (κ1) is 23.2. The van der Waals surface area contributed by atoms with Gasteiger partial charge in [0.1, 0.15) is 0 Å². The first-order valence-corrected chi connectivity index (χ1v) is 11.1. The number of ether oxygens (including phenoxy) is 2. The minimum absolute atomic E-state index is 0.0196. The molecule has 31 heavy (non-hydrogen) atoms. The Morgan fingerprint density at radius 1 is 1.29 bits per heavy atom. The van der Waals surface area contributed by atoms with Gasteiger partial charge in [-0.3, -0.25) is 9.59 Å². The van der Waals surface area contributed by atoms with Crippen molar-refractivity contribution in [2.45, 2.75) is 26.3 Å². The highest BCUT2D eigenvalue weighted by Gasteiger charge is 2.44. The molecule has 2 N–H and O–H groups in total. The molecule has 0 spiro atoms. The highest BCUT2D eigenvalue weighted by Crippen LogP contribution is 2.44. The van der Waals surface area contributed by atoms with E-state index in [1.807, 2.05) is 0 Å². The van der Waals surface area contributed by atoms with Crippen LogP contribution in [0.15, 0.2) is 27.9 Å². The van der Waals surface area contributed by atoms with Crippen LogP contribution in [0.3, 0.4) is 0 Å². The Kier molecular flexibility index (Phi) is 7.03. The molecule has 8 nitrogen and oxygen atoms in total. The molecule has 1 aliphatic rings. The van der Waals surface area contributed by atoms with Crippen LogP contribution in [0.2, 0.25) is 0 Å². The Morgan fingerprint density at radius 2 is 2.00 bits per heavy atom. The van der Waals surface area contributed by atoms with Crippen LogP contribution in [0.4, 0.5) is 0 Å². The summed E-state index contributed by atoms with van der Waals surface area (Å²) >= 11 is 4.51. The quantitative estimate of drug-likeness (QED) is 0.409. The van der Waals surface area contributed by atoms with Crippen LogP contribution in [0.25, 0.3) is 0 Å². The van der Waals surface area contributed by atoms with Crippen molar-refractivity contribution in [2.75, 3.05) is 27.4 Å². The van der Waals surface area contributed by atoms with Crippen molar-refractivity contribution in [3.8, 4) is 11.5 Å². The molecular weight excluding hydrogens is 488 g/mol. The van der Waals surface area contributed by atoms with Gasteiger partial charge in [0, 0.05) is 20.3 Å². The van der Waals surface area contributed by atoms with E-state index in [-0.39, 0.29) is 23.6 Å². The summed E-state index contributed by atoms with van der Waals surface area (Å²) in [6.45, 7) is 4.19. The standard InChI is InChI=1S/C21H23BrN2O6S/c1-10-20(31-11(2)23-10)18(26)15-16(12-8-13(22)17(25)14(9-12)30-4)24(6-5-7-29-3)21(28)19(15)27/h8-9,16,25,27H,5-7H2,1-4H3. The number of nitrogens with zero attached hydrogens (tertiary/aromatic N) is 2. The van der Waals surface area contributed by atoms with E-state index in [1.165, 1.54) is 23.3 Å². The predicted molar refractivity (Wildman–Crippen MR) is 119 cm³/mol. The average molecular weight is 511 g/mol. The molecule has 10 heteroatoms. The van der Waals surface area contributed by atoms with Crippen LogP contribution >= 0.6 is 27.3 Å². The maximum atomic E-state index is 13.5. The number of phenols is 1. The smallest absolute Gasteiger partial charge is 0.290 e. The second kappa shape index (κ2) is 9.37. The highest BCUT2D eigenvalue weighted by molar-refractivity contribution is 9.10. The van der Waals surface area contributed by atoms with Crippen molar-refractivity contribution in [3.63, 3.8) is 0 Å². The van der Waals surface area contributed by atoms with Gasteiger partial charge in [-0.1, -0.05) is 0 Å². The molecule has 3 rings (SSSR count). The number of aliphatic hydroxyl groups is 1. The van der Waals surface area contributed by atoms with E-state index in [2.05, 4.69) is 20.9 Å². The van der Waals surface area contributed by atoms with Gasteiger partial charge in [-0.05, 0) is 53.9 Å². The number of aromatic nitrogens is 1. The average Bonchev–Trinajstić information content (AvgIpc) is 3.20. The van der Waals surface area contributed by atoms with Gasteiger partial charge in [0.15, 0.2) is 17.3 Å². The van der Waals surface area contributed by atoms with Crippen molar-refractivity contribution in [2.24, 2.45) is 0 Å². The second-order valence-electron chi connectivity index (χ2n) is 7.04. The normalized spacial score (nSPS) is 16.4. The molecule has 0 aliphatic carbocycles. The van der Waals surface area contributed by atoms with Gasteiger partial charge < -0.3 is 24.6 Å². The molecule has 0 bridgehead atoms. The van der Waals surface area contributed by atoms with Crippen LogP contribution in [0.1, 0.15) is 38.4 Å². The van der Waals surface area contributed by atoms with Crippen LogP contribution in [0, 0.1) is 13.8 Å². The molecule has 0 saturated carbocycles. The first-order chi connectivity index (χ1) is 14.7. The molecule has 0 radical (unpaired) electrons. The molecule has 1 aromatic carbocycles. The number of aromatic hydroxyl groups is 1. The maximum Gasteiger partial charge on any atom is 0.290 e.